The Labute approximate surface area is 126 Å². The number of nitrogens with zero attached hydrogens (tertiary/aromatic N) is 3. The first kappa shape index (κ1) is 14.2. The second kappa shape index (κ2) is 5.25. The number of carboxylic acids is 1. The number of hydrogen-bond acceptors (Lipinski definition) is 5. The van der Waals surface area contributed by atoms with Crippen LogP contribution in [0.3, 0.4) is 0 Å². The van der Waals surface area contributed by atoms with E-state index < -0.39 is 11.4 Å². The van der Waals surface area contributed by atoms with Crippen molar-refractivity contribution < 1.29 is 19.2 Å². The molecule has 1 aliphatic rings. The molecule has 1 N–H and O–H groups in total. The van der Waals surface area contributed by atoms with E-state index in [9.17, 15) is 14.7 Å². The lowest BCUT2D eigenvalue weighted by atomic mass is 9.90. The zero-order chi connectivity index (χ0) is 15.7. The molecule has 2 aromatic rings. The summed E-state index contributed by atoms with van der Waals surface area (Å²) in [6.07, 6.45) is 1.71. The molecule has 1 aliphatic heterocycles. The number of hydrogen-bond donors (Lipinski definition) is 1. The normalized spacial score (nSPS) is 21.0. The molecule has 1 atom stereocenters. The summed E-state index contributed by atoms with van der Waals surface area (Å²) in [5.41, 5.74) is 0.407. The molecule has 114 valence electrons. The van der Waals surface area contributed by atoms with E-state index in [0.717, 1.165) is 5.56 Å². The van der Waals surface area contributed by atoms with Gasteiger partial charge in [-0.1, -0.05) is 17.3 Å². The first-order valence-corrected chi connectivity index (χ1v) is 6.89. The highest BCUT2D eigenvalue weighted by Crippen LogP contribution is 2.31. The molecule has 1 aromatic heterocycles. The van der Waals surface area contributed by atoms with E-state index in [2.05, 4.69) is 14.7 Å². The molecule has 3 rings (SSSR count). The molecule has 0 aliphatic carbocycles. The monoisotopic (exact) mass is 301 g/mol. The van der Waals surface area contributed by atoms with Gasteiger partial charge in [-0.3, -0.25) is 9.59 Å². The van der Waals surface area contributed by atoms with Crippen molar-refractivity contribution in [2.45, 2.75) is 13.3 Å². The molecule has 1 unspecified atom stereocenters. The minimum Gasteiger partial charge on any atom is -0.481 e. The van der Waals surface area contributed by atoms with Crippen molar-refractivity contribution in [3.05, 3.63) is 36.2 Å². The van der Waals surface area contributed by atoms with E-state index in [4.69, 9.17) is 0 Å². The molecule has 1 fully saturated rings. The van der Waals surface area contributed by atoms with Gasteiger partial charge < -0.3 is 14.5 Å². The summed E-state index contributed by atoms with van der Waals surface area (Å²) in [5, 5.41) is 13.0. The third-order valence-corrected chi connectivity index (χ3v) is 4.03. The van der Waals surface area contributed by atoms with Crippen LogP contribution in [0.4, 0.5) is 0 Å². The maximum atomic E-state index is 12.4. The lowest BCUT2D eigenvalue weighted by molar-refractivity contribution is -0.147. The molecule has 2 heterocycles. The summed E-state index contributed by atoms with van der Waals surface area (Å²) in [7, 11) is 0. The number of carbonyl (C=O) groups excluding carboxylic acids is 1. The van der Waals surface area contributed by atoms with Gasteiger partial charge in [0.1, 0.15) is 0 Å². The molecule has 1 saturated heterocycles. The second-order valence-electron chi connectivity index (χ2n) is 5.67. The quantitative estimate of drug-likeness (QED) is 0.926. The van der Waals surface area contributed by atoms with Gasteiger partial charge in [0, 0.05) is 24.2 Å². The van der Waals surface area contributed by atoms with E-state index in [1.54, 1.807) is 36.1 Å². The number of likely N-dealkylation sites (tertiary alicyclic amines) is 1. The molecule has 0 bridgehead atoms. The molecular formula is C15H15N3O4. The van der Waals surface area contributed by atoms with Gasteiger partial charge in [0.25, 0.3) is 5.91 Å². The third kappa shape index (κ3) is 2.45. The predicted molar refractivity (Wildman–Crippen MR) is 76.0 cm³/mol. The van der Waals surface area contributed by atoms with Crippen molar-refractivity contribution in [1.82, 2.24) is 15.0 Å². The van der Waals surface area contributed by atoms with Crippen LogP contribution in [0.2, 0.25) is 0 Å². The van der Waals surface area contributed by atoms with Crippen LogP contribution in [-0.4, -0.2) is 45.1 Å². The van der Waals surface area contributed by atoms with Gasteiger partial charge in [-0.15, -0.1) is 0 Å². The molecule has 22 heavy (non-hydrogen) atoms. The van der Waals surface area contributed by atoms with Crippen LogP contribution >= 0.6 is 0 Å². The number of rotatable bonds is 3. The fourth-order valence-corrected chi connectivity index (χ4v) is 2.55. The predicted octanol–water partition coefficient (Wildman–Crippen LogP) is 1.67. The maximum absolute atomic E-state index is 12.4. The minimum absolute atomic E-state index is 0.162. The number of aromatic nitrogens is 2. The highest BCUT2D eigenvalue weighted by molar-refractivity contribution is 5.95. The van der Waals surface area contributed by atoms with Crippen molar-refractivity contribution in [2.75, 3.05) is 13.1 Å². The van der Waals surface area contributed by atoms with E-state index in [1.807, 2.05) is 0 Å². The van der Waals surface area contributed by atoms with Gasteiger partial charge in [0.2, 0.25) is 12.2 Å². The van der Waals surface area contributed by atoms with Crippen LogP contribution < -0.4 is 0 Å². The van der Waals surface area contributed by atoms with Crippen LogP contribution in [0.15, 0.2) is 35.2 Å². The third-order valence-electron chi connectivity index (χ3n) is 4.03. The lowest BCUT2D eigenvalue weighted by Crippen LogP contribution is -2.34. The Bertz CT molecular complexity index is 696. The summed E-state index contributed by atoms with van der Waals surface area (Å²) < 4.78 is 4.68. The van der Waals surface area contributed by atoms with Crippen molar-refractivity contribution in [3.63, 3.8) is 0 Å². The number of carboxylic acid groups (broad SMARTS) is 1. The van der Waals surface area contributed by atoms with Crippen molar-refractivity contribution >= 4 is 11.9 Å². The van der Waals surface area contributed by atoms with E-state index in [0.29, 0.717) is 24.4 Å². The molecule has 1 aromatic carbocycles. The topological polar surface area (TPSA) is 96.5 Å². The molecule has 0 spiro atoms. The maximum Gasteiger partial charge on any atom is 0.311 e. The van der Waals surface area contributed by atoms with Crippen LogP contribution in [0.25, 0.3) is 11.4 Å². The fourth-order valence-electron chi connectivity index (χ4n) is 2.55. The smallest absolute Gasteiger partial charge is 0.311 e. The molecule has 7 nitrogen and oxygen atoms in total. The first-order chi connectivity index (χ1) is 10.5. The molecule has 0 saturated carbocycles. The lowest BCUT2D eigenvalue weighted by Gasteiger charge is -2.20. The Kier molecular flexibility index (Phi) is 3.40. The van der Waals surface area contributed by atoms with Gasteiger partial charge in [0.05, 0.1) is 5.41 Å². The Hall–Kier alpha value is -2.70. The molecule has 7 heteroatoms. The average Bonchev–Trinajstić information content (AvgIpc) is 3.17. The minimum atomic E-state index is -0.866. The zero-order valence-electron chi connectivity index (χ0n) is 12.0. The Morgan fingerprint density at radius 2 is 2.05 bits per heavy atom. The first-order valence-electron chi connectivity index (χ1n) is 6.89. The van der Waals surface area contributed by atoms with Crippen molar-refractivity contribution in [3.8, 4) is 11.4 Å². The largest absolute Gasteiger partial charge is 0.481 e. The number of amides is 1. The van der Waals surface area contributed by atoms with E-state index in [1.165, 1.54) is 6.39 Å². The van der Waals surface area contributed by atoms with Crippen LogP contribution in [0.5, 0.6) is 0 Å². The van der Waals surface area contributed by atoms with Gasteiger partial charge in [-0.2, -0.15) is 4.98 Å². The molecule has 0 radical (unpaired) electrons. The van der Waals surface area contributed by atoms with Gasteiger partial charge >= 0.3 is 5.97 Å². The summed E-state index contributed by atoms with van der Waals surface area (Å²) >= 11 is 0. The highest BCUT2D eigenvalue weighted by Gasteiger charge is 2.42. The van der Waals surface area contributed by atoms with Gasteiger partial charge in [-0.25, -0.2) is 0 Å². The highest BCUT2D eigenvalue weighted by atomic mass is 16.5. The summed E-state index contributed by atoms with van der Waals surface area (Å²) in [6.45, 7) is 2.35. The summed E-state index contributed by atoms with van der Waals surface area (Å²) in [5.74, 6) is -0.571. The summed E-state index contributed by atoms with van der Waals surface area (Å²) in [6, 6.07) is 6.85. The standard InChI is InChI=1S/C15H15N3O4/c1-15(14(20)21)6-7-18(8-15)13(19)11-4-2-10(3-5-11)12-16-9-22-17-12/h2-5,9H,6-8H2,1H3,(H,20,21). The Balaban J connectivity index is 1.75. The number of benzene rings is 1. The van der Waals surface area contributed by atoms with E-state index >= 15 is 0 Å². The van der Waals surface area contributed by atoms with Crippen LogP contribution in [-0.2, 0) is 4.79 Å². The van der Waals surface area contributed by atoms with Crippen LogP contribution in [0.1, 0.15) is 23.7 Å². The Morgan fingerprint density at radius 1 is 1.32 bits per heavy atom. The zero-order valence-corrected chi connectivity index (χ0v) is 12.0. The number of carbonyl (C=O) groups is 2. The fraction of sp³-hybridized carbons (Fsp3) is 0.333. The van der Waals surface area contributed by atoms with Gasteiger partial charge in [-0.05, 0) is 25.5 Å². The SMILES string of the molecule is CC1(C(=O)O)CCN(C(=O)c2ccc(-c3ncon3)cc2)C1. The summed E-state index contributed by atoms with van der Waals surface area (Å²) in [4.78, 5) is 29.2. The van der Waals surface area contributed by atoms with Crippen molar-refractivity contribution in [1.29, 1.82) is 0 Å². The average molecular weight is 301 g/mol. The van der Waals surface area contributed by atoms with Crippen molar-refractivity contribution in [2.24, 2.45) is 5.41 Å². The second-order valence-corrected chi connectivity index (χ2v) is 5.67. The van der Waals surface area contributed by atoms with E-state index in [-0.39, 0.29) is 12.5 Å². The van der Waals surface area contributed by atoms with Crippen LogP contribution in [0, 0.1) is 5.41 Å². The molecular weight excluding hydrogens is 286 g/mol. The number of aliphatic carboxylic acids is 1. The Morgan fingerprint density at radius 3 is 2.59 bits per heavy atom. The van der Waals surface area contributed by atoms with Gasteiger partial charge in [0.15, 0.2) is 0 Å². The molecule has 1 amide bonds.